The van der Waals surface area contributed by atoms with Gasteiger partial charge in [0.05, 0.1) is 5.69 Å². The van der Waals surface area contributed by atoms with E-state index in [4.69, 9.17) is 4.74 Å². The monoisotopic (exact) mass is 413 g/mol. The molecular formula is C25H20FN3O2. The van der Waals surface area contributed by atoms with Gasteiger partial charge >= 0.3 is 0 Å². The van der Waals surface area contributed by atoms with Gasteiger partial charge in [-0.15, -0.1) is 0 Å². The second-order valence-corrected chi connectivity index (χ2v) is 7.15. The number of anilines is 1. The van der Waals surface area contributed by atoms with Crippen molar-refractivity contribution < 1.29 is 13.9 Å². The number of halogens is 1. The molecule has 0 saturated heterocycles. The van der Waals surface area contributed by atoms with E-state index in [1.165, 1.54) is 18.5 Å². The Bertz CT molecular complexity index is 1240. The van der Waals surface area contributed by atoms with Crippen LogP contribution in [0.5, 0.6) is 11.6 Å². The second-order valence-electron chi connectivity index (χ2n) is 7.15. The quantitative estimate of drug-likeness (QED) is 0.439. The van der Waals surface area contributed by atoms with Crippen molar-refractivity contribution in [2.45, 2.75) is 13.8 Å². The molecule has 1 N–H and O–H groups in total. The molecule has 4 rings (SSSR count). The number of ether oxygens (including phenoxy) is 1. The smallest absolute Gasteiger partial charge is 0.255 e. The maximum Gasteiger partial charge on any atom is 0.255 e. The zero-order valence-electron chi connectivity index (χ0n) is 17.1. The molecule has 0 radical (unpaired) electrons. The lowest BCUT2D eigenvalue weighted by molar-refractivity contribution is 0.102. The number of benzene rings is 3. The van der Waals surface area contributed by atoms with E-state index in [1.54, 1.807) is 42.5 Å². The Morgan fingerprint density at radius 3 is 2.52 bits per heavy atom. The lowest BCUT2D eigenvalue weighted by Crippen LogP contribution is -2.12. The van der Waals surface area contributed by atoms with Gasteiger partial charge in [-0.3, -0.25) is 4.79 Å². The lowest BCUT2D eigenvalue weighted by Gasteiger charge is -2.11. The van der Waals surface area contributed by atoms with Crippen LogP contribution in [-0.2, 0) is 0 Å². The maximum atomic E-state index is 13.2. The fourth-order valence-corrected chi connectivity index (χ4v) is 3.14. The molecule has 0 fully saturated rings. The Kier molecular flexibility index (Phi) is 5.71. The largest absolute Gasteiger partial charge is 0.439 e. The molecule has 6 heteroatoms. The van der Waals surface area contributed by atoms with Gasteiger partial charge < -0.3 is 10.1 Å². The van der Waals surface area contributed by atoms with Gasteiger partial charge in [0.1, 0.15) is 17.9 Å². The topological polar surface area (TPSA) is 64.1 Å². The number of hydrogen-bond donors (Lipinski definition) is 1. The summed E-state index contributed by atoms with van der Waals surface area (Å²) in [5.74, 6) is 0.246. The van der Waals surface area contributed by atoms with E-state index in [-0.39, 0.29) is 11.7 Å². The molecule has 0 atom stereocenters. The third kappa shape index (κ3) is 4.93. The summed E-state index contributed by atoms with van der Waals surface area (Å²) in [6, 6.07) is 20.4. The molecule has 0 spiro atoms. The zero-order chi connectivity index (χ0) is 21.8. The van der Waals surface area contributed by atoms with Gasteiger partial charge in [0.15, 0.2) is 0 Å². The van der Waals surface area contributed by atoms with Crippen molar-refractivity contribution in [2.24, 2.45) is 0 Å². The van der Waals surface area contributed by atoms with E-state index in [2.05, 4.69) is 15.3 Å². The van der Waals surface area contributed by atoms with Gasteiger partial charge in [0.2, 0.25) is 5.88 Å². The average molecular weight is 413 g/mol. The van der Waals surface area contributed by atoms with Crippen molar-refractivity contribution in [3.63, 3.8) is 0 Å². The summed E-state index contributed by atoms with van der Waals surface area (Å²) >= 11 is 0. The predicted octanol–water partition coefficient (Wildman–Crippen LogP) is 5.94. The van der Waals surface area contributed by atoms with Crippen molar-refractivity contribution in [3.05, 3.63) is 102 Å². The first-order valence-corrected chi connectivity index (χ1v) is 9.72. The van der Waals surface area contributed by atoms with Crippen LogP contribution in [0.1, 0.15) is 21.5 Å². The van der Waals surface area contributed by atoms with Gasteiger partial charge in [0.25, 0.3) is 5.91 Å². The molecule has 0 saturated carbocycles. The molecule has 5 nitrogen and oxygen atoms in total. The number of amides is 1. The number of nitrogens with one attached hydrogen (secondary N) is 1. The minimum Gasteiger partial charge on any atom is -0.439 e. The minimum absolute atomic E-state index is 0.230. The number of carbonyl (C=O) groups is 1. The summed E-state index contributed by atoms with van der Waals surface area (Å²) in [6.07, 6.45) is 1.38. The third-order valence-electron chi connectivity index (χ3n) is 4.73. The van der Waals surface area contributed by atoms with Crippen LogP contribution in [0.3, 0.4) is 0 Å². The first kappa shape index (κ1) is 20.2. The Hall–Kier alpha value is -4.06. The molecule has 154 valence electrons. The number of rotatable bonds is 5. The van der Waals surface area contributed by atoms with Crippen LogP contribution in [0, 0.1) is 19.7 Å². The van der Waals surface area contributed by atoms with Crippen LogP contribution >= 0.6 is 0 Å². The van der Waals surface area contributed by atoms with E-state index in [0.717, 1.165) is 22.4 Å². The Morgan fingerprint density at radius 1 is 0.935 bits per heavy atom. The van der Waals surface area contributed by atoms with Crippen LogP contribution in [0.25, 0.3) is 11.3 Å². The first-order chi connectivity index (χ1) is 15.0. The molecule has 31 heavy (non-hydrogen) atoms. The number of hydrogen-bond acceptors (Lipinski definition) is 4. The van der Waals surface area contributed by atoms with Gasteiger partial charge in [0, 0.05) is 22.9 Å². The van der Waals surface area contributed by atoms with E-state index in [9.17, 15) is 9.18 Å². The predicted molar refractivity (Wildman–Crippen MR) is 118 cm³/mol. The minimum atomic E-state index is -0.315. The molecule has 4 aromatic rings. The molecule has 0 aliphatic carbocycles. The third-order valence-corrected chi connectivity index (χ3v) is 4.73. The summed E-state index contributed by atoms with van der Waals surface area (Å²) in [7, 11) is 0. The Labute approximate surface area is 179 Å². The van der Waals surface area contributed by atoms with E-state index in [1.807, 2.05) is 32.0 Å². The van der Waals surface area contributed by atoms with Gasteiger partial charge in [-0.05, 0) is 67.9 Å². The normalized spacial score (nSPS) is 10.5. The lowest BCUT2D eigenvalue weighted by atomic mass is 10.1. The molecule has 0 unspecified atom stereocenters. The van der Waals surface area contributed by atoms with Crippen LogP contribution in [0.2, 0.25) is 0 Å². The molecule has 3 aromatic carbocycles. The van der Waals surface area contributed by atoms with Crippen molar-refractivity contribution in [3.8, 4) is 22.9 Å². The van der Waals surface area contributed by atoms with Gasteiger partial charge in [-0.25, -0.2) is 14.4 Å². The summed E-state index contributed by atoms with van der Waals surface area (Å²) < 4.78 is 19.0. The summed E-state index contributed by atoms with van der Waals surface area (Å²) in [4.78, 5) is 21.0. The van der Waals surface area contributed by atoms with Crippen molar-refractivity contribution >= 4 is 11.6 Å². The summed E-state index contributed by atoms with van der Waals surface area (Å²) in [5.41, 5.74) is 4.71. The fourth-order valence-electron chi connectivity index (χ4n) is 3.14. The molecule has 0 aliphatic rings. The highest BCUT2D eigenvalue weighted by Gasteiger charge is 2.10. The van der Waals surface area contributed by atoms with E-state index < -0.39 is 0 Å². The van der Waals surface area contributed by atoms with Crippen molar-refractivity contribution in [2.75, 3.05) is 5.32 Å². The highest BCUT2D eigenvalue weighted by molar-refractivity contribution is 6.04. The van der Waals surface area contributed by atoms with Gasteiger partial charge in [-0.2, -0.15) is 0 Å². The van der Waals surface area contributed by atoms with Crippen LogP contribution in [0.4, 0.5) is 10.1 Å². The molecule has 1 aromatic heterocycles. The highest BCUT2D eigenvalue weighted by atomic mass is 19.1. The van der Waals surface area contributed by atoms with Crippen molar-refractivity contribution in [1.29, 1.82) is 0 Å². The zero-order valence-corrected chi connectivity index (χ0v) is 17.1. The van der Waals surface area contributed by atoms with E-state index >= 15 is 0 Å². The Morgan fingerprint density at radius 2 is 1.74 bits per heavy atom. The van der Waals surface area contributed by atoms with E-state index in [0.29, 0.717) is 22.9 Å². The molecule has 0 bridgehead atoms. The van der Waals surface area contributed by atoms with Crippen LogP contribution < -0.4 is 10.1 Å². The summed E-state index contributed by atoms with van der Waals surface area (Å²) in [6.45, 7) is 3.96. The first-order valence-electron chi connectivity index (χ1n) is 9.72. The highest BCUT2D eigenvalue weighted by Crippen LogP contribution is 2.25. The average Bonchev–Trinajstić information content (AvgIpc) is 2.76. The Balaban J connectivity index is 1.51. The van der Waals surface area contributed by atoms with Crippen LogP contribution in [-0.4, -0.2) is 15.9 Å². The number of carbonyl (C=O) groups excluding carboxylic acids is 1. The number of nitrogens with zero attached hydrogens (tertiary/aromatic N) is 2. The van der Waals surface area contributed by atoms with Gasteiger partial charge in [-0.1, -0.05) is 23.8 Å². The second kappa shape index (κ2) is 8.75. The standard InChI is InChI=1S/C25H20FN3O2/c1-16-6-11-22(17(2)12-16)29-25(30)19-4-3-5-21(13-19)31-24-14-23(27-15-28-24)18-7-9-20(26)10-8-18/h3-15H,1-2H3,(H,29,30). The molecule has 0 aliphatic heterocycles. The summed E-state index contributed by atoms with van der Waals surface area (Å²) in [5, 5.41) is 2.93. The SMILES string of the molecule is Cc1ccc(NC(=O)c2cccc(Oc3cc(-c4ccc(F)cc4)ncn3)c2)c(C)c1. The maximum absolute atomic E-state index is 13.2. The molecular weight excluding hydrogens is 393 g/mol. The molecule has 1 amide bonds. The number of aromatic nitrogens is 2. The molecule has 1 heterocycles. The van der Waals surface area contributed by atoms with Crippen LogP contribution in [0.15, 0.2) is 79.1 Å². The fraction of sp³-hybridized carbons (Fsp3) is 0.0800. The van der Waals surface area contributed by atoms with Crippen molar-refractivity contribution in [1.82, 2.24) is 9.97 Å². The number of aryl methyl sites for hydroxylation is 2.